The summed E-state index contributed by atoms with van der Waals surface area (Å²) in [7, 11) is 0. The molecule has 0 spiro atoms. The summed E-state index contributed by atoms with van der Waals surface area (Å²) in [4.78, 5) is 37.7. The van der Waals surface area contributed by atoms with Crippen LogP contribution in [0.15, 0.2) is 60.0 Å². The van der Waals surface area contributed by atoms with Crippen molar-refractivity contribution in [1.29, 1.82) is 0 Å². The van der Waals surface area contributed by atoms with Crippen molar-refractivity contribution in [2.45, 2.75) is 13.5 Å². The number of benzene rings is 2. The molecule has 3 rings (SSSR count). The van der Waals surface area contributed by atoms with Crippen LogP contribution in [-0.2, 0) is 16.1 Å². The summed E-state index contributed by atoms with van der Waals surface area (Å²) in [6.07, 6.45) is 2.92. The number of non-ortho nitro benzene ring substituents is 1. The molecule has 2 amide bonds. The quantitative estimate of drug-likeness (QED) is 0.339. The van der Waals surface area contributed by atoms with Gasteiger partial charge in [-0.15, -0.1) is 11.3 Å². The van der Waals surface area contributed by atoms with E-state index in [9.17, 15) is 19.7 Å². The van der Waals surface area contributed by atoms with Crippen LogP contribution in [-0.4, -0.2) is 21.7 Å². The van der Waals surface area contributed by atoms with Crippen LogP contribution in [0.2, 0.25) is 0 Å². The van der Waals surface area contributed by atoms with Gasteiger partial charge in [0.05, 0.1) is 10.6 Å². The Morgan fingerprint density at radius 2 is 1.83 bits per heavy atom. The van der Waals surface area contributed by atoms with Crippen LogP contribution in [0, 0.1) is 10.1 Å². The van der Waals surface area contributed by atoms with Crippen molar-refractivity contribution in [2.75, 3.05) is 5.32 Å². The number of nitrogens with zero attached hydrogens (tertiary/aromatic N) is 2. The molecule has 0 radical (unpaired) electrons. The highest BCUT2D eigenvalue weighted by molar-refractivity contribution is 7.14. The van der Waals surface area contributed by atoms with E-state index in [0.29, 0.717) is 17.2 Å². The fourth-order valence-electron chi connectivity index (χ4n) is 2.51. The van der Waals surface area contributed by atoms with E-state index < -0.39 is 4.92 Å². The molecule has 8 nitrogen and oxygen atoms in total. The SMILES string of the molecule is CC(=O)NCc1ccc(-c2csc(NC(=O)/C=C/c3ccc([N+](=O)[O-])cc3)n2)cc1. The Balaban J connectivity index is 1.58. The van der Waals surface area contributed by atoms with E-state index in [1.54, 1.807) is 18.2 Å². The van der Waals surface area contributed by atoms with Crippen molar-refractivity contribution in [3.8, 4) is 11.3 Å². The van der Waals surface area contributed by atoms with Crippen LogP contribution in [0.5, 0.6) is 0 Å². The van der Waals surface area contributed by atoms with Crippen LogP contribution >= 0.6 is 11.3 Å². The van der Waals surface area contributed by atoms with Crippen LogP contribution in [0.1, 0.15) is 18.1 Å². The van der Waals surface area contributed by atoms with Crippen LogP contribution in [0.3, 0.4) is 0 Å². The number of aromatic nitrogens is 1. The number of anilines is 1. The lowest BCUT2D eigenvalue weighted by Crippen LogP contribution is -2.18. The third-order valence-corrected chi connectivity index (χ3v) is 4.81. The molecule has 0 atom stereocenters. The number of nitrogens with one attached hydrogen (secondary N) is 2. The number of carbonyl (C=O) groups is 2. The average Bonchev–Trinajstić information content (AvgIpc) is 3.19. The van der Waals surface area contributed by atoms with Gasteiger partial charge in [-0.1, -0.05) is 24.3 Å². The van der Waals surface area contributed by atoms with E-state index in [1.807, 2.05) is 29.6 Å². The van der Waals surface area contributed by atoms with Crippen molar-refractivity contribution in [1.82, 2.24) is 10.3 Å². The summed E-state index contributed by atoms with van der Waals surface area (Å²) in [6, 6.07) is 13.5. The summed E-state index contributed by atoms with van der Waals surface area (Å²) >= 11 is 1.31. The molecule has 152 valence electrons. The number of nitro benzene ring substituents is 1. The highest BCUT2D eigenvalue weighted by Gasteiger charge is 2.07. The molecule has 2 N–H and O–H groups in total. The van der Waals surface area contributed by atoms with Gasteiger partial charge in [-0.2, -0.15) is 0 Å². The third kappa shape index (κ3) is 5.82. The van der Waals surface area contributed by atoms with Crippen molar-refractivity contribution < 1.29 is 14.5 Å². The molecule has 9 heteroatoms. The standard InChI is InChI=1S/C21H18N4O4S/c1-14(26)22-12-16-2-7-17(8-3-16)19-13-30-21(23-19)24-20(27)11-6-15-4-9-18(10-5-15)25(28)29/h2-11,13H,12H2,1H3,(H,22,26)(H,23,24,27)/b11-6+. The monoisotopic (exact) mass is 422 g/mol. The van der Waals surface area contributed by atoms with Gasteiger partial charge >= 0.3 is 0 Å². The van der Waals surface area contributed by atoms with Gasteiger partial charge in [0, 0.05) is 42.6 Å². The second kappa shape index (κ2) is 9.57. The first kappa shape index (κ1) is 20.9. The molecule has 0 aliphatic heterocycles. The number of hydrogen-bond acceptors (Lipinski definition) is 6. The molecule has 0 unspecified atom stereocenters. The fourth-order valence-corrected chi connectivity index (χ4v) is 3.23. The number of hydrogen-bond donors (Lipinski definition) is 2. The van der Waals surface area contributed by atoms with Crippen molar-refractivity contribution in [3.63, 3.8) is 0 Å². The Labute approximate surface area is 176 Å². The number of amides is 2. The van der Waals surface area contributed by atoms with Crippen molar-refractivity contribution >= 4 is 40.0 Å². The Bertz CT molecular complexity index is 1090. The maximum absolute atomic E-state index is 12.1. The molecule has 0 fully saturated rings. The van der Waals surface area contributed by atoms with Gasteiger partial charge in [0.2, 0.25) is 11.8 Å². The lowest BCUT2D eigenvalue weighted by molar-refractivity contribution is -0.384. The Hall–Kier alpha value is -3.85. The summed E-state index contributed by atoms with van der Waals surface area (Å²) in [5, 5.41) is 18.4. The molecule has 0 saturated carbocycles. The molecular weight excluding hydrogens is 404 g/mol. The molecule has 0 saturated heterocycles. The van der Waals surface area contributed by atoms with Gasteiger partial charge < -0.3 is 5.32 Å². The Morgan fingerprint density at radius 1 is 1.13 bits per heavy atom. The number of thiazole rings is 1. The zero-order valence-corrected chi connectivity index (χ0v) is 16.8. The van der Waals surface area contributed by atoms with Gasteiger partial charge in [0.25, 0.3) is 5.69 Å². The lowest BCUT2D eigenvalue weighted by atomic mass is 10.1. The van der Waals surface area contributed by atoms with E-state index in [1.165, 1.54) is 36.5 Å². The molecule has 0 aliphatic rings. The first-order valence-corrected chi connectivity index (χ1v) is 9.81. The molecule has 30 heavy (non-hydrogen) atoms. The topological polar surface area (TPSA) is 114 Å². The molecule has 3 aromatic rings. The molecular formula is C21H18N4O4S. The second-order valence-corrected chi connectivity index (χ2v) is 7.17. The predicted octanol–water partition coefficient (Wildman–Crippen LogP) is 4.01. The minimum Gasteiger partial charge on any atom is -0.352 e. The number of nitro groups is 1. The van der Waals surface area contributed by atoms with Gasteiger partial charge in [0.1, 0.15) is 0 Å². The third-order valence-electron chi connectivity index (χ3n) is 4.06. The van der Waals surface area contributed by atoms with E-state index >= 15 is 0 Å². The Morgan fingerprint density at radius 3 is 2.47 bits per heavy atom. The second-order valence-electron chi connectivity index (χ2n) is 6.32. The molecule has 0 bridgehead atoms. The van der Waals surface area contributed by atoms with Crippen LogP contribution in [0.25, 0.3) is 17.3 Å². The summed E-state index contributed by atoms with van der Waals surface area (Å²) < 4.78 is 0. The largest absolute Gasteiger partial charge is 0.352 e. The predicted molar refractivity (Wildman–Crippen MR) is 116 cm³/mol. The first-order valence-electron chi connectivity index (χ1n) is 8.93. The maximum Gasteiger partial charge on any atom is 0.269 e. The minimum absolute atomic E-state index is 0.00457. The molecule has 0 aliphatic carbocycles. The van der Waals surface area contributed by atoms with Gasteiger partial charge in [-0.3, -0.25) is 25.0 Å². The van der Waals surface area contributed by atoms with E-state index in [0.717, 1.165) is 16.8 Å². The highest BCUT2D eigenvalue weighted by atomic mass is 32.1. The smallest absolute Gasteiger partial charge is 0.269 e. The van der Waals surface area contributed by atoms with Gasteiger partial charge in [0.15, 0.2) is 5.13 Å². The van der Waals surface area contributed by atoms with Crippen molar-refractivity contribution in [2.24, 2.45) is 0 Å². The number of carbonyl (C=O) groups excluding carboxylic acids is 2. The van der Waals surface area contributed by atoms with Crippen molar-refractivity contribution in [3.05, 3.63) is 81.2 Å². The highest BCUT2D eigenvalue weighted by Crippen LogP contribution is 2.25. The normalized spacial score (nSPS) is 10.7. The van der Waals surface area contributed by atoms with Crippen LogP contribution in [0.4, 0.5) is 10.8 Å². The zero-order chi connectivity index (χ0) is 21.5. The Kier molecular flexibility index (Phi) is 6.66. The van der Waals surface area contributed by atoms with Gasteiger partial charge in [-0.25, -0.2) is 4.98 Å². The summed E-state index contributed by atoms with van der Waals surface area (Å²) in [6.45, 7) is 1.94. The zero-order valence-electron chi connectivity index (χ0n) is 16.0. The first-order chi connectivity index (χ1) is 14.4. The van der Waals surface area contributed by atoms with Crippen LogP contribution < -0.4 is 10.6 Å². The van der Waals surface area contributed by atoms with E-state index in [-0.39, 0.29) is 17.5 Å². The minimum atomic E-state index is -0.475. The summed E-state index contributed by atoms with van der Waals surface area (Å²) in [5.41, 5.74) is 3.29. The summed E-state index contributed by atoms with van der Waals surface area (Å²) in [5.74, 6) is -0.429. The van der Waals surface area contributed by atoms with Gasteiger partial charge in [-0.05, 0) is 29.3 Å². The lowest BCUT2D eigenvalue weighted by Gasteiger charge is -2.03. The van der Waals surface area contributed by atoms with E-state index in [4.69, 9.17) is 0 Å². The molecule has 1 heterocycles. The average molecular weight is 422 g/mol. The fraction of sp³-hybridized carbons (Fsp3) is 0.0952. The maximum atomic E-state index is 12.1. The molecule has 1 aromatic heterocycles. The number of rotatable bonds is 7. The van der Waals surface area contributed by atoms with E-state index in [2.05, 4.69) is 15.6 Å². The molecule has 2 aromatic carbocycles.